The molecule has 7 heteroatoms. The maximum Gasteiger partial charge on any atom is 0.223 e. The predicted octanol–water partition coefficient (Wildman–Crippen LogP) is 1.03. The molecule has 6 N–H and O–H groups in total. The second-order valence-corrected chi connectivity index (χ2v) is 4.15. The summed E-state index contributed by atoms with van der Waals surface area (Å²) < 4.78 is 0. The van der Waals surface area contributed by atoms with Crippen LogP contribution in [0.1, 0.15) is 0 Å². The Morgan fingerprint density at radius 1 is 1.11 bits per heavy atom. The summed E-state index contributed by atoms with van der Waals surface area (Å²) in [6.45, 7) is 0. The molecule has 0 fully saturated rings. The van der Waals surface area contributed by atoms with Crippen molar-refractivity contribution in [3.8, 4) is 11.3 Å². The molecular formula is C11H12N6S. The van der Waals surface area contributed by atoms with E-state index >= 15 is 0 Å². The topological polar surface area (TPSA) is 116 Å². The minimum Gasteiger partial charge on any atom is -0.370 e. The number of rotatable bonds is 2. The molecule has 0 saturated carbocycles. The van der Waals surface area contributed by atoms with Crippen LogP contribution in [0, 0.1) is 0 Å². The summed E-state index contributed by atoms with van der Waals surface area (Å²) in [5.74, 6) is -0.0910. The SMILES string of the molecule is NC(N)=NC(N)=Nc1ccc(-c2cscn2)cc1. The molecule has 0 aliphatic rings. The zero-order chi connectivity index (χ0) is 13.0. The number of nitrogens with zero attached hydrogens (tertiary/aromatic N) is 3. The zero-order valence-electron chi connectivity index (χ0n) is 9.45. The molecule has 1 aromatic carbocycles. The van der Waals surface area contributed by atoms with E-state index in [0.29, 0.717) is 5.69 Å². The lowest BCUT2D eigenvalue weighted by Gasteiger charge is -1.98. The monoisotopic (exact) mass is 260 g/mol. The van der Waals surface area contributed by atoms with E-state index in [0.717, 1.165) is 11.3 Å². The molecule has 0 bridgehead atoms. The van der Waals surface area contributed by atoms with Crippen LogP contribution in [0.15, 0.2) is 45.1 Å². The summed E-state index contributed by atoms with van der Waals surface area (Å²) in [6.07, 6.45) is 0. The minimum absolute atomic E-state index is 0.0245. The van der Waals surface area contributed by atoms with Gasteiger partial charge in [0.15, 0.2) is 5.96 Å². The van der Waals surface area contributed by atoms with Crippen LogP contribution >= 0.6 is 11.3 Å². The summed E-state index contributed by atoms with van der Waals surface area (Å²) in [4.78, 5) is 11.9. The van der Waals surface area contributed by atoms with E-state index in [1.165, 1.54) is 0 Å². The average Bonchev–Trinajstić information content (AvgIpc) is 2.82. The van der Waals surface area contributed by atoms with Gasteiger partial charge in [0.1, 0.15) is 0 Å². The van der Waals surface area contributed by atoms with Crippen molar-refractivity contribution in [2.75, 3.05) is 0 Å². The van der Waals surface area contributed by atoms with E-state index in [9.17, 15) is 0 Å². The van der Waals surface area contributed by atoms with Crippen LogP contribution in [0.4, 0.5) is 5.69 Å². The number of aliphatic imine (C=N–C) groups is 2. The van der Waals surface area contributed by atoms with Crippen LogP contribution in [0.2, 0.25) is 0 Å². The van der Waals surface area contributed by atoms with Gasteiger partial charge in [-0.2, -0.15) is 4.99 Å². The molecule has 0 unspecified atom stereocenters. The molecule has 6 nitrogen and oxygen atoms in total. The Morgan fingerprint density at radius 3 is 2.39 bits per heavy atom. The van der Waals surface area contributed by atoms with Crippen molar-refractivity contribution in [3.05, 3.63) is 35.2 Å². The van der Waals surface area contributed by atoms with Gasteiger partial charge in [0, 0.05) is 10.9 Å². The molecule has 0 radical (unpaired) electrons. The molecule has 18 heavy (non-hydrogen) atoms. The first-order valence-electron chi connectivity index (χ1n) is 5.07. The summed E-state index contributed by atoms with van der Waals surface area (Å²) in [7, 11) is 0. The van der Waals surface area contributed by atoms with Gasteiger partial charge in [-0.1, -0.05) is 12.1 Å². The van der Waals surface area contributed by atoms with Gasteiger partial charge in [0.2, 0.25) is 5.96 Å². The molecule has 0 spiro atoms. The van der Waals surface area contributed by atoms with Gasteiger partial charge in [-0.3, -0.25) is 0 Å². The van der Waals surface area contributed by atoms with Crippen LogP contribution in [-0.2, 0) is 0 Å². The van der Waals surface area contributed by atoms with E-state index in [4.69, 9.17) is 17.2 Å². The lowest BCUT2D eigenvalue weighted by molar-refractivity contribution is 1.37. The van der Waals surface area contributed by atoms with Crippen molar-refractivity contribution in [3.63, 3.8) is 0 Å². The van der Waals surface area contributed by atoms with Gasteiger partial charge in [-0.05, 0) is 12.1 Å². The van der Waals surface area contributed by atoms with E-state index in [1.807, 2.05) is 29.6 Å². The van der Waals surface area contributed by atoms with E-state index in [1.54, 1.807) is 16.8 Å². The van der Waals surface area contributed by atoms with Gasteiger partial charge in [0.25, 0.3) is 0 Å². The minimum atomic E-state index is -0.115. The Morgan fingerprint density at radius 2 is 1.83 bits per heavy atom. The van der Waals surface area contributed by atoms with Crippen LogP contribution in [0.5, 0.6) is 0 Å². The van der Waals surface area contributed by atoms with Crippen LogP contribution in [-0.4, -0.2) is 16.9 Å². The van der Waals surface area contributed by atoms with E-state index in [2.05, 4.69) is 15.0 Å². The number of hydrogen-bond donors (Lipinski definition) is 3. The highest BCUT2D eigenvalue weighted by molar-refractivity contribution is 7.07. The third kappa shape index (κ3) is 3.05. The third-order valence-corrected chi connectivity index (χ3v) is 2.67. The highest BCUT2D eigenvalue weighted by atomic mass is 32.1. The Kier molecular flexibility index (Phi) is 3.54. The quantitative estimate of drug-likeness (QED) is 0.552. The Hall–Kier alpha value is -2.41. The second kappa shape index (κ2) is 5.28. The normalized spacial score (nSPS) is 11.2. The predicted molar refractivity (Wildman–Crippen MR) is 74.6 cm³/mol. The smallest absolute Gasteiger partial charge is 0.223 e. The maximum absolute atomic E-state index is 5.53. The van der Waals surface area contributed by atoms with Crippen molar-refractivity contribution in [2.45, 2.75) is 0 Å². The van der Waals surface area contributed by atoms with Gasteiger partial charge in [-0.15, -0.1) is 11.3 Å². The lowest BCUT2D eigenvalue weighted by Crippen LogP contribution is -2.26. The lowest BCUT2D eigenvalue weighted by atomic mass is 10.1. The van der Waals surface area contributed by atoms with Crippen molar-refractivity contribution < 1.29 is 0 Å². The van der Waals surface area contributed by atoms with Gasteiger partial charge in [-0.25, -0.2) is 9.98 Å². The molecule has 1 heterocycles. The van der Waals surface area contributed by atoms with Crippen molar-refractivity contribution >= 4 is 28.9 Å². The van der Waals surface area contributed by atoms with Gasteiger partial charge >= 0.3 is 0 Å². The molecule has 0 amide bonds. The largest absolute Gasteiger partial charge is 0.370 e. The number of hydrogen-bond acceptors (Lipinski definition) is 3. The Bertz CT molecular complexity index is 566. The summed E-state index contributed by atoms with van der Waals surface area (Å²) >= 11 is 1.55. The molecule has 0 atom stereocenters. The Balaban J connectivity index is 2.21. The summed E-state index contributed by atoms with van der Waals surface area (Å²) in [5, 5.41) is 1.98. The van der Waals surface area contributed by atoms with Crippen molar-refractivity contribution in [1.29, 1.82) is 0 Å². The van der Waals surface area contributed by atoms with Gasteiger partial charge < -0.3 is 17.2 Å². The summed E-state index contributed by atoms with van der Waals surface area (Å²) in [6, 6.07) is 7.47. The fraction of sp³-hybridized carbons (Fsp3) is 0. The molecule has 2 aromatic rings. The average molecular weight is 260 g/mol. The second-order valence-electron chi connectivity index (χ2n) is 3.43. The molecule has 2 rings (SSSR count). The maximum atomic E-state index is 5.53. The standard InChI is InChI=1S/C11H12N6S/c12-10(13)17-11(14)16-8-3-1-7(2-4-8)9-5-18-6-15-9/h1-6H,(H6,12,13,14,16,17). The fourth-order valence-electron chi connectivity index (χ4n) is 1.35. The van der Waals surface area contributed by atoms with Gasteiger partial charge in [0.05, 0.1) is 16.9 Å². The van der Waals surface area contributed by atoms with E-state index in [-0.39, 0.29) is 11.9 Å². The highest BCUT2D eigenvalue weighted by Gasteiger charge is 1.99. The molecule has 1 aromatic heterocycles. The highest BCUT2D eigenvalue weighted by Crippen LogP contribution is 2.22. The molecule has 0 saturated heterocycles. The zero-order valence-corrected chi connectivity index (χ0v) is 10.3. The number of aromatic nitrogens is 1. The number of nitrogens with two attached hydrogens (primary N) is 3. The van der Waals surface area contributed by atoms with Crippen molar-refractivity contribution in [2.24, 2.45) is 27.2 Å². The van der Waals surface area contributed by atoms with E-state index < -0.39 is 0 Å². The van der Waals surface area contributed by atoms with Crippen molar-refractivity contribution in [1.82, 2.24) is 4.98 Å². The molecule has 0 aliphatic heterocycles. The third-order valence-electron chi connectivity index (χ3n) is 2.08. The van der Waals surface area contributed by atoms with Crippen LogP contribution in [0.3, 0.4) is 0 Å². The Labute approximate surface area is 108 Å². The first kappa shape index (κ1) is 12.1. The number of guanidine groups is 2. The molecular weight excluding hydrogens is 248 g/mol. The molecule has 0 aliphatic carbocycles. The number of benzene rings is 1. The fourth-order valence-corrected chi connectivity index (χ4v) is 1.91. The number of thiazole rings is 1. The molecule has 92 valence electrons. The summed E-state index contributed by atoms with van der Waals surface area (Å²) in [5.41, 5.74) is 20.3. The first-order chi connectivity index (χ1) is 8.65. The first-order valence-corrected chi connectivity index (χ1v) is 6.02. The van der Waals surface area contributed by atoms with Crippen LogP contribution in [0.25, 0.3) is 11.3 Å². The van der Waals surface area contributed by atoms with Crippen LogP contribution < -0.4 is 17.2 Å².